The third kappa shape index (κ3) is 18.5. The first-order chi connectivity index (χ1) is 24.0. The van der Waals surface area contributed by atoms with Crippen LogP contribution >= 0.6 is 0 Å². The van der Waals surface area contributed by atoms with Crippen LogP contribution in [0.4, 0.5) is 0 Å². The molecular formula is C33H61N11O7. The molecule has 1 rings (SSSR count). The molecule has 0 aromatic rings. The SMILES string of the molecule is CN[C@H](C(=O)C[C@@H](CCCN=C(N)N)C(=O)N[C@@H](CCC(N)=O)C(=O)C[C@@H](CCCN=C(N)N)C(=O)N[C@@H](CC1CCCCC1)C(N)=O)[C@@H](C)O. The van der Waals surface area contributed by atoms with E-state index in [0.29, 0.717) is 19.3 Å². The van der Waals surface area contributed by atoms with Crippen molar-refractivity contribution in [3.63, 3.8) is 0 Å². The van der Waals surface area contributed by atoms with Crippen molar-refractivity contribution < 1.29 is 33.9 Å². The zero-order valence-electron chi connectivity index (χ0n) is 30.1. The standard InChI is InChI=1S/C33H61N11O7/c1-19(45)28(40-2)26(47)18-22(11-7-15-42-33(38)39)30(50)43-23(12-13-27(34)48)25(46)17-21(10-6-14-41-32(36)37)31(51)44-24(29(35)49)16-20-8-4-3-5-9-20/h19-24,28,40,45H,3-18H2,1-2H3,(H2,34,48)(H2,35,49)(H,43,50)(H,44,51)(H4,36,37,41)(H4,38,39,42)/t19-,21-,22-,23+,24+,28+/m1/s1. The quantitative estimate of drug-likeness (QED) is 0.0261. The van der Waals surface area contributed by atoms with Crippen LogP contribution in [0.1, 0.15) is 96.8 Å². The van der Waals surface area contributed by atoms with E-state index < -0.39 is 71.3 Å². The number of primary amides is 2. The van der Waals surface area contributed by atoms with E-state index in [1.54, 1.807) is 0 Å². The number of carbonyl (C=O) groups is 6. The molecule has 18 nitrogen and oxygen atoms in total. The number of nitrogens with two attached hydrogens (primary N) is 6. The second-order valence-corrected chi connectivity index (χ2v) is 13.4. The predicted molar refractivity (Wildman–Crippen MR) is 193 cm³/mol. The molecule has 4 amide bonds. The Morgan fingerprint density at radius 1 is 0.725 bits per heavy atom. The lowest BCUT2D eigenvalue weighted by Crippen LogP contribution is -2.49. The number of guanidine groups is 2. The van der Waals surface area contributed by atoms with Crippen LogP contribution in [-0.2, 0) is 28.8 Å². The van der Waals surface area contributed by atoms with E-state index in [1.807, 2.05) is 0 Å². The summed E-state index contributed by atoms with van der Waals surface area (Å²) in [5.74, 6) is -5.52. The molecule has 1 fully saturated rings. The molecular weight excluding hydrogens is 662 g/mol. The zero-order chi connectivity index (χ0) is 38.5. The maximum Gasteiger partial charge on any atom is 0.240 e. The molecule has 1 saturated carbocycles. The molecule has 6 atom stereocenters. The van der Waals surface area contributed by atoms with Crippen molar-refractivity contribution in [3.8, 4) is 0 Å². The number of aliphatic hydroxyl groups excluding tert-OH is 1. The maximum absolute atomic E-state index is 13.8. The fraction of sp³-hybridized carbons (Fsp3) is 0.758. The molecule has 51 heavy (non-hydrogen) atoms. The van der Waals surface area contributed by atoms with Crippen LogP contribution in [0.3, 0.4) is 0 Å². The van der Waals surface area contributed by atoms with Gasteiger partial charge in [0.25, 0.3) is 0 Å². The summed E-state index contributed by atoms with van der Waals surface area (Å²) in [5.41, 5.74) is 32.7. The highest BCUT2D eigenvalue weighted by Gasteiger charge is 2.33. The molecule has 0 heterocycles. The second-order valence-electron chi connectivity index (χ2n) is 13.4. The Labute approximate surface area is 300 Å². The number of hydrogen-bond acceptors (Lipinski definition) is 10. The summed E-state index contributed by atoms with van der Waals surface area (Å²) in [6, 6.07) is -3.10. The van der Waals surface area contributed by atoms with Gasteiger partial charge in [-0.1, -0.05) is 32.1 Å². The smallest absolute Gasteiger partial charge is 0.240 e. The highest BCUT2D eigenvalue weighted by molar-refractivity contribution is 5.95. The number of ketones is 2. The van der Waals surface area contributed by atoms with Crippen molar-refractivity contribution in [2.45, 2.75) is 121 Å². The van der Waals surface area contributed by atoms with Gasteiger partial charge in [0.15, 0.2) is 23.5 Å². The molecule has 0 spiro atoms. The lowest BCUT2D eigenvalue weighted by atomic mass is 9.84. The van der Waals surface area contributed by atoms with Crippen LogP contribution in [0.5, 0.6) is 0 Å². The number of hydrogen-bond donors (Lipinski definition) is 10. The lowest BCUT2D eigenvalue weighted by molar-refractivity contribution is -0.135. The first-order valence-electron chi connectivity index (χ1n) is 17.7. The number of aliphatic imine (C=N–C) groups is 2. The zero-order valence-corrected chi connectivity index (χ0v) is 30.1. The highest BCUT2D eigenvalue weighted by atomic mass is 16.3. The van der Waals surface area contributed by atoms with E-state index in [2.05, 4.69) is 25.9 Å². The summed E-state index contributed by atoms with van der Waals surface area (Å²) in [7, 11) is 1.51. The van der Waals surface area contributed by atoms with E-state index in [4.69, 9.17) is 34.4 Å². The molecule has 0 aliphatic heterocycles. The number of aliphatic hydroxyl groups is 1. The summed E-state index contributed by atoms with van der Waals surface area (Å²) in [5, 5.41) is 18.2. The summed E-state index contributed by atoms with van der Waals surface area (Å²) >= 11 is 0. The molecule has 0 aromatic carbocycles. The Hall–Kier alpha value is -4.32. The third-order valence-electron chi connectivity index (χ3n) is 9.13. The van der Waals surface area contributed by atoms with Gasteiger partial charge in [-0.25, -0.2) is 0 Å². The first kappa shape index (κ1) is 44.7. The molecule has 0 radical (unpaired) electrons. The summed E-state index contributed by atoms with van der Waals surface area (Å²) < 4.78 is 0. The van der Waals surface area contributed by atoms with Gasteiger partial charge in [-0.05, 0) is 58.4 Å². The van der Waals surface area contributed by atoms with Gasteiger partial charge >= 0.3 is 0 Å². The average Bonchev–Trinajstić information content (AvgIpc) is 3.05. The van der Waals surface area contributed by atoms with E-state index in [-0.39, 0.29) is 69.5 Å². The number of nitrogens with zero attached hydrogens (tertiary/aromatic N) is 2. The Kier molecular flexibility index (Phi) is 21.0. The van der Waals surface area contributed by atoms with Crippen molar-refractivity contribution in [3.05, 3.63) is 0 Å². The van der Waals surface area contributed by atoms with Crippen LogP contribution in [0.2, 0.25) is 0 Å². The highest BCUT2D eigenvalue weighted by Crippen LogP contribution is 2.28. The fourth-order valence-corrected chi connectivity index (χ4v) is 6.35. The van der Waals surface area contributed by atoms with Gasteiger partial charge in [-0.15, -0.1) is 0 Å². The van der Waals surface area contributed by atoms with E-state index in [0.717, 1.165) is 32.1 Å². The first-order valence-corrected chi connectivity index (χ1v) is 17.7. The van der Waals surface area contributed by atoms with Crippen LogP contribution in [0, 0.1) is 17.8 Å². The largest absolute Gasteiger partial charge is 0.391 e. The fourth-order valence-electron chi connectivity index (χ4n) is 6.35. The van der Waals surface area contributed by atoms with Crippen molar-refractivity contribution in [1.29, 1.82) is 0 Å². The van der Waals surface area contributed by atoms with Gasteiger partial charge in [-0.3, -0.25) is 38.8 Å². The predicted octanol–water partition coefficient (Wildman–Crippen LogP) is -2.10. The van der Waals surface area contributed by atoms with E-state index in [1.165, 1.54) is 14.0 Å². The molecule has 0 unspecified atom stereocenters. The van der Waals surface area contributed by atoms with E-state index >= 15 is 0 Å². The number of likely N-dealkylation sites (N-methyl/N-ethyl adjacent to an activating group) is 1. The topological polar surface area (TPSA) is 340 Å². The number of Topliss-reactive ketones (excluding diaryl/α,β-unsaturated/α-hetero) is 2. The summed E-state index contributed by atoms with van der Waals surface area (Å²) in [6.07, 6.45) is 4.32. The third-order valence-corrected chi connectivity index (χ3v) is 9.13. The van der Waals surface area contributed by atoms with Gasteiger partial charge in [0.05, 0.1) is 18.2 Å². The summed E-state index contributed by atoms with van der Waals surface area (Å²) in [4.78, 5) is 86.2. The minimum atomic E-state index is -1.24. The van der Waals surface area contributed by atoms with Crippen LogP contribution < -0.4 is 50.4 Å². The molecule has 0 bridgehead atoms. The molecule has 18 heteroatoms. The normalized spacial score (nSPS) is 16.7. The minimum absolute atomic E-state index is 0.136. The molecule has 16 N–H and O–H groups in total. The Morgan fingerprint density at radius 3 is 1.65 bits per heavy atom. The van der Waals surface area contributed by atoms with Crippen molar-refractivity contribution in [1.82, 2.24) is 16.0 Å². The molecule has 1 aliphatic carbocycles. The van der Waals surface area contributed by atoms with Crippen molar-refractivity contribution in [2.75, 3.05) is 20.1 Å². The maximum atomic E-state index is 13.8. The van der Waals surface area contributed by atoms with Gasteiger partial charge in [0.2, 0.25) is 23.6 Å². The number of rotatable bonds is 26. The second kappa shape index (κ2) is 24.0. The van der Waals surface area contributed by atoms with Crippen LogP contribution in [-0.4, -0.2) is 96.6 Å². The minimum Gasteiger partial charge on any atom is -0.391 e. The van der Waals surface area contributed by atoms with Gasteiger partial charge < -0.3 is 55.5 Å². The molecule has 1 aliphatic rings. The van der Waals surface area contributed by atoms with Crippen molar-refractivity contribution >= 4 is 47.1 Å². The van der Waals surface area contributed by atoms with Crippen molar-refractivity contribution in [2.24, 2.45) is 62.1 Å². The monoisotopic (exact) mass is 723 g/mol. The van der Waals surface area contributed by atoms with Gasteiger partial charge in [0, 0.05) is 44.2 Å². The lowest BCUT2D eigenvalue weighted by Gasteiger charge is -2.27. The van der Waals surface area contributed by atoms with E-state index in [9.17, 15) is 33.9 Å². The molecule has 0 aromatic heterocycles. The van der Waals surface area contributed by atoms with Crippen LogP contribution in [0.25, 0.3) is 0 Å². The number of amides is 4. The van der Waals surface area contributed by atoms with Gasteiger partial charge in [0.1, 0.15) is 6.04 Å². The molecule has 0 saturated heterocycles. The average molecular weight is 724 g/mol. The Balaban J connectivity index is 3.28. The number of nitrogens with one attached hydrogen (secondary N) is 3. The number of carbonyl (C=O) groups excluding carboxylic acids is 6. The Bertz CT molecular complexity index is 1210. The Morgan fingerprint density at radius 2 is 1.22 bits per heavy atom. The summed E-state index contributed by atoms with van der Waals surface area (Å²) in [6.45, 7) is 1.80. The van der Waals surface area contributed by atoms with Crippen LogP contribution in [0.15, 0.2) is 9.98 Å². The molecule has 290 valence electrons. The van der Waals surface area contributed by atoms with Gasteiger partial charge in [-0.2, -0.15) is 0 Å².